The van der Waals surface area contributed by atoms with Gasteiger partial charge >= 0.3 is 6.18 Å². The van der Waals surface area contributed by atoms with Crippen LogP contribution in [0.4, 0.5) is 30.5 Å². The van der Waals surface area contributed by atoms with Gasteiger partial charge in [-0.2, -0.15) is 18.3 Å². The van der Waals surface area contributed by atoms with Crippen LogP contribution in [-0.2, 0) is 12.7 Å². The highest BCUT2D eigenvalue weighted by Crippen LogP contribution is 2.39. The quantitative estimate of drug-likeness (QED) is 0.512. The summed E-state index contributed by atoms with van der Waals surface area (Å²) >= 11 is 5.82. The molecule has 2 aliphatic heterocycles. The maximum Gasteiger partial charge on any atom is 0.416 e. The average Bonchev–Trinajstić information content (AvgIpc) is 3.30. The number of benzene rings is 2. The van der Waals surface area contributed by atoms with Gasteiger partial charge in [-0.05, 0) is 43.7 Å². The molecule has 0 spiro atoms. The Morgan fingerprint density at radius 1 is 1.06 bits per heavy atom. The Morgan fingerprint density at radius 2 is 1.74 bits per heavy atom. The molecule has 0 radical (unpaired) electrons. The van der Waals surface area contributed by atoms with E-state index < -0.39 is 11.7 Å². The van der Waals surface area contributed by atoms with Crippen molar-refractivity contribution >= 4 is 40.5 Å². The number of hydrogen-bond donors (Lipinski definition) is 1. The molecule has 1 N–H and O–H groups in total. The van der Waals surface area contributed by atoms with Crippen LogP contribution in [0.15, 0.2) is 59.6 Å². The number of rotatable bonds is 4. The van der Waals surface area contributed by atoms with Crippen molar-refractivity contribution in [3.05, 3.63) is 71.3 Å². The van der Waals surface area contributed by atoms with E-state index >= 15 is 0 Å². The van der Waals surface area contributed by atoms with Crippen LogP contribution in [0.25, 0.3) is 0 Å². The minimum Gasteiger partial charge on any atom is -0.340 e. The van der Waals surface area contributed by atoms with Crippen molar-refractivity contribution in [1.82, 2.24) is 14.7 Å². The van der Waals surface area contributed by atoms with E-state index in [0.717, 1.165) is 29.3 Å². The Balaban J connectivity index is 1.59. The van der Waals surface area contributed by atoms with Crippen LogP contribution < -0.4 is 10.2 Å². The van der Waals surface area contributed by atoms with E-state index in [1.807, 2.05) is 47.2 Å². The molecule has 2 aromatic carbocycles. The highest BCUT2D eigenvalue weighted by atomic mass is 32.1. The van der Waals surface area contributed by atoms with Crippen molar-refractivity contribution in [2.75, 3.05) is 23.8 Å². The third-order valence-electron chi connectivity index (χ3n) is 5.85. The Labute approximate surface area is 200 Å². The second-order valence-corrected chi connectivity index (χ2v) is 9.45. The summed E-state index contributed by atoms with van der Waals surface area (Å²) in [5.74, 6) is 2.12. The zero-order chi connectivity index (χ0) is 24.3. The lowest BCUT2D eigenvalue weighted by Crippen LogP contribution is -2.48. The molecule has 0 atom stereocenters. The summed E-state index contributed by atoms with van der Waals surface area (Å²) in [6.45, 7) is 5.02. The standard InChI is InChI=1S/C24H23F3N6S/c1-23(2)14-32-20-18(21(34)31(3)22(32)29-23)19(28-17-7-5-4-6-8-17)33(30-20)13-15-9-11-16(12-10-15)24(25,26)27/h4-12,28H,13-14H2,1-3H3. The first-order chi connectivity index (χ1) is 16.0. The predicted octanol–water partition coefficient (Wildman–Crippen LogP) is 5.27. The number of halogens is 3. The summed E-state index contributed by atoms with van der Waals surface area (Å²) in [7, 11) is 1.89. The highest BCUT2D eigenvalue weighted by molar-refractivity contribution is 7.80. The molecule has 10 heteroatoms. The van der Waals surface area contributed by atoms with Gasteiger partial charge in [0.2, 0.25) is 5.96 Å². The molecule has 0 unspecified atom stereocenters. The molecular weight excluding hydrogens is 461 g/mol. The number of aliphatic imine (C=N–C) groups is 1. The highest BCUT2D eigenvalue weighted by Gasteiger charge is 2.43. The van der Waals surface area contributed by atoms with Crippen LogP contribution in [0.1, 0.15) is 30.5 Å². The van der Waals surface area contributed by atoms with Crippen molar-refractivity contribution in [3.63, 3.8) is 0 Å². The number of thiocarbonyl (C=S) groups is 1. The minimum absolute atomic E-state index is 0.274. The molecule has 34 heavy (non-hydrogen) atoms. The molecule has 0 fully saturated rings. The normalized spacial score (nSPS) is 16.9. The second kappa shape index (κ2) is 7.83. The van der Waals surface area contributed by atoms with Gasteiger partial charge in [0.1, 0.15) is 10.8 Å². The molecule has 6 nitrogen and oxygen atoms in total. The number of alkyl halides is 3. The van der Waals surface area contributed by atoms with E-state index in [9.17, 15) is 13.2 Å². The lowest BCUT2D eigenvalue weighted by molar-refractivity contribution is -0.137. The fourth-order valence-corrected chi connectivity index (χ4v) is 4.48. The Kier molecular flexibility index (Phi) is 5.16. The first kappa shape index (κ1) is 22.4. The van der Waals surface area contributed by atoms with Gasteiger partial charge in [0.25, 0.3) is 0 Å². The number of aromatic nitrogens is 2. The molecule has 176 valence electrons. The first-order valence-electron chi connectivity index (χ1n) is 10.8. The van der Waals surface area contributed by atoms with Gasteiger partial charge in [-0.1, -0.05) is 42.5 Å². The van der Waals surface area contributed by atoms with E-state index in [0.29, 0.717) is 28.7 Å². The van der Waals surface area contributed by atoms with Gasteiger partial charge < -0.3 is 10.2 Å². The number of hydrogen-bond acceptors (Lipinski definition) is 5. The zero-order valence-corrected chi connectivity index (χ0v) is 19.7. The smallest absolute Gasteiger partial charge is 0.340 e. The fourth-order valence-electron chi connectivity index (χ4n) is 4.22. The van der Waals surface area contributed by atoms with Crippen LogP contribution >= 0.6 is 12.2 Å². The number of anilines is 3. The maximum atomic E-state index is 13.0. The van der Waals surface area contributed by atoms with Crippen LogP contribution in [0.3, 0.4) is 0 Å². The average molecular weight is 485 g/mol. The van der Waals surface area contributed by atoms with Crippen molar-refractivity contribution in [2.45, 2.75) is 32.1 Å². The molecule has 3 aromatic rings. The number of fused-ring (bicyclic) bond motifs is 3. The Morgan fingerprint density at radius 3 is 2.38 bits per heavy atom. The molecule has 0 saturated carbocycles. The molecule has 2 aliphatic rings. The monoisotopic (exact) mass is 484 g/mol. The van der Waals surface area contributed by atoms with E-state index in [2.05, 4.69) is 19.2 Å². The fraction of sp³-hybridized carbons (Fsp3) is 0.292. The van der Waals surface area contributed by atoms with Gasteiger partial charge in [-0.25, -0.2) is 9.67 Å². The van der Waals surface area contributed by atoms with Crippen molar-refractivity contribution in [2.24, 2.45) is 4.99 Å². The maximum absolute atomic E-state index is 13.0. The van der Waals surface area contributed by atoms with Crippen LogP contribution in [0.5, 0.6) is 0 Å². The summed E-state index contributed by atoms with van der Waals surface area (Å²) in [6, 6.07) is 14.8. The van der Waals surface area contributed by atoms with Gasteiger partial charge in [0, 0.05) is 12.7 Å². The van der Waals surface area contributed by atoms with Crippen molar-refractivity contribution in [3.8, 4) is 0 Å². The zero-order valence-electron chi connectivity index (χ0n) is 18.9. The molecule has 3 heterocycles. The lowest BCUT2D eigenvalue weighted by atomic mass is 10.1. The third kappa shape index (κ3) is 3.91. The molecule has 5 rings (SSSR count). The van der Waals surface area contributed by atoms with Crippen LogP contribution in [0.2, 0.25) is 0 Å². The van der Waals surface area contributed by atoms with Crippen LogP contribution in [0, 0.1) is 0 Å². The van der Waals surface area contributed by atoms with Gasteiger partial charge in [0.05, 0.1) is 29.8 Å². The van der Waals surface area contributed by atoms with Crippen LogP contribution in [-0.4, -0.2) is 44.8 Å². The Hall–Kier alpha value is -3.40. The third-order valence-corrected chi connectivity index (χ3v) is 6.33. The topological polar surface area (TPSA) is 48.7 Å². The summed E-state index contributed by atoms with van der Waals surface area (Å²) in [5.41, 5.74) is 1.33. The van der Waals surface area contributed by atoms with Gasteiger partial charge in [-0.15, -0.1) is 0 Å². The minimum atomic E-state index is -4.38. The number of guanidine groups is 1. The lowest BCUT2D eigenvalue weighted by Gasteiger charge is -2.32. The molecular formula is C24H23F3N6S. The van der Waals surface area contributed by atoms with Gasteiger partial charge in [-0.3, -0.25) is 4.90 Å². The predicted molar refractivity (Wildman–Crippen MR) is 131 cm³/mol. The van der Waals surface area contributed by atoms with E-state index in [1.165, 1.54) is 12.1 Å². The van der Waals surface area contributed by atoms with Crippen molar-refractivity contribution in [1.29, 1.82) is 0 Å². The van der Waals surface area contributed by atoms with E-state index in [1.54, 1.807) is 4.68 Å². The Bertz CT molecular complexity index is 1280. The number of nitrogens with one attached hydrogen (secondary N) is 1. The molecule has 0 amide bonds. The number of nitrogens with zero attached hydrogens (tertiary/aromatic N) is 5. The summed E-state index contributed by atoms with van der Waals surface area (Å²) in [4.78, 5) is 9.33. The SMILES string of the molecule is CN1C(=S)c2c(nn(Cc3ccc(C(F)(F)F)cc3)c2Nc2ccccc2)N2CC(C)(C)N=C12. The first-order valence-corrected chi connectivity index (χ1v) is 11.2. The summed E-state index contributed by atoms with van der Waals surface area (Å²) < 4.78 is 40.8. The molecule has 0 bridgehead atoms. The summed E-state index contributed by atoms with van der Waals surface area (Å²) in [6.07, 6.45) is -4.38. The van der Waals surface area contributed by atoms with E-state index in [4.69, 9.17) is 22.3 Å². The molecule has 0 saturated heterocycles. The molecule has 0 aliphatic carbocycles. The van der Waals surface area contributed by atoms with Gasteiger partial charge in [0.15, 0.2) is 5.82 Å². The van der Waals surface area contributed by atoms with E-state index in [-0.39, 0.29) is 12.1 Å². The van der Waals surface area contributed by atoms with Crippen molar-refractivity contribution < 1.29 is 13.2 Å². The number of para-hydroxylation sites is 1. The largest absolute Gasteiger partial charge is 0.416 e. The molecule has 1 aromatic heterocycles. The second-order valence-electron chi connectivity index (χ2n) is 9.07. The summed E-state index contributed by atoms with van der Waals surface area (Å²) in [5, 5.41) is 8.30.